The third kappa shape index (κ3) is 5.37. The summed E-state index contributed by atoms with van der Waals surface area (Å²) in [6, 6.07) is 4.46. The van der Waals surface area contributed by atoms with Crippen LogP contribution >= 0.6 is 0 Å². The highest BCUT2D eigenvalue weighted by Crippen LogP contribution is 2.32. The number of carboxylic acid groups (broad SMARTS) is 1. The Labute approximate surface area is 241 Å². The number of benzene rings is 1. The molecule has 2 saturated heterocycles. The van der Waals surface area contributed by atoms with Crippen LogP contribution in [0.5, 0.6) is 0 Å². The normalized spacial score (nSPS) is 19.3. The summed E-state index contributed by atoms with van der Waals surface area (Å²) in [6.45, 7) is 8.55. The van der Waals surface area contributed by atoms with E-state index in [0.29, 0.717) is 55.4 Å². The number of halogens is 2. The first-order valence-corrected chi connectivity index (χ1v) is 13.9. The Bertz CT molecular complexity index is 1630. The topological polar surface area (TPSA) is 122 Å². The molecular formula is C29H32F2N8O3. The lowest BCUT2D eigenvalue weighted by Gasteiger charge is -2.45. The van der Waals surface area contributed by atoms with Crippen molar-refractivity contribution in [2.24, 2.45) is 0 Å². The molecule has 0 radical (unpaired) electrons. The second kappa shape index (κ2) is 11.2. The van der Waals surface area contributed by atoms with Gasteiger partial charge in [0.2, 0.25) is 5.95 Å². The summed E-state index contributed by atoms with van der Waals surface area (Å²) in [5.41, 5.74) is 2.30. The van der Waals surface area contributed by atoms with E-state index in [1.165, 1.54) is 17.0 Å². The average molecular weight is 579 g/mol. The first kappa shape index (κ1) is 27.9. The summed E-state index contributed by atoms with van der Waals surface area (Å²) in [4.78, 5) is 32.5. The molecule has 3 aromatic heterocycles. The molecule has 0 spiro atoms. The highest BCUT2D eigenvalue weighted by molar-refractivity contribution is 5.84. The number of ether oxygens (including phenoxy) is 1. The van der Waals surface area contributed by atoms with E-state index in [1.807, 2.05) is 25.3 Å². The van der Waals surface area contributed by atoms with E-state index >= 15 is 4.39 Å². The molecule has 1 amide bonds. The number of morpholine rings is 1. The number of pyridine rings is 1. The molecule has 2 N–H and O–H groups in total. The van der Waals surface area contributed by atoms with E-state index in [-0.39, 0.29) is 35.2 Å². The van der Waals surface area contributed by atoms with Crippen LogP contribution in [-0.2, 0) is 11.3 Å². The van der Waals surface area contributed by atoms with Gasteiger partial charge in [-0.25, -0.2) is 33.5 Å². The Morgan fingerprint density at radius 2 is 1.90 bits per heavy atom. The van der Waals surface area contributed by atoms with Crippen molar-refractivity contribution < 1.29 is 23.4 Å². The molecule has 220 valence electrons. The molecular weight excluding hydrogens is 546 g/mol. The van der Waals surface area contributed by atoms with Crippen LogP contribution in [-0.4, -0.2) is 83.9 Å². The van der Waals surface area contributed by atoms with Crippen molar-refractivity contribution in [2.45, 2.75) is 51.9 Å². The summed E-state index contributed by atoms with van der Waals surface area (Å²) in [5.74, 6) is 0.178. The number of piperidine rings is 1. The number of fused-ring (bicyclic) bond motifs is 2. The van der Waals surface area contributed by atoms with Crippen molar-refractivity contribution in [3.8, 4) is 11.1 Å². The lowest BCUT2D eigenvalue weighted by atomic mass is 9.98. The molecule has 0 bridgehead atoms. The maximum Gasteiger partial charge on any atom is 0.407 e. The number of hydrogen-bond acceptors (Lipinski definition) is 8. The first-order valence-electron chi connectivity index (χ1n) is 13.9. The van der Waals surface area contributed by atoms with Gasteiger partial charge in [0.1, 0.15) is 23.0 Å². The number of carbonyl (C=O) groups is 1. The fourth-order valence-electron chi connectivity index (χ4n) is 6.02. The number of aryl methyl sites for hydroxylation is 1. The zero-order chi connectivity index (χ0) is 29.5. The number of nitrogens with one attached hydrogen (secondary N) is 1. The second-order valence-corrected chi connectivity index (χ2v) is 11.0. The van der Waals surface area contributed by atoms with E-state index < -0.39 is 17.7 Å². The molecule has 0 saturated carbocycles. The molecule has 4 aromatic rings. The van der Waals surface area contributed by atoms with Gasteiger partial charge in [-0.2, -0.15) is 0 Å². The Balaban J connectivity index is 1.16. The minimum absolute atomic E-state index is 0.0546. The monoisotopic (exact) mass is 578 g/mol. The molecule has 42 heavy (non-hydrogen) atoms. The van der Waals surface area contributed by atoms with E-state index in [1.54, 1.807) is 18.5 Å². The van der Waals surface area contributed by atoms with Crippen molar-refractivity contribution in [2.75, 3.05) is 31.6 Å². The minimum atomic E-state index is -0.900. The highest BCUT2D eigenvalue weighted by atomic mass is 19.1. The van der Waals surface area contributed by atoms with Crippen LogP contribution in [0.15, 0.2) is 36.8 Å². The molecule has 2 fully saturated rings. The van der Waals surface area contributed by atoms with Gasteiger partial charge in [0.05, 0.1) is 30.5 Å². The van der Waals surface area contributed by atoms with Gasteiger partial charge in [-0.15, -0.1) is 0 Å². The highest BCUT2D eigenvalue weighted by Gasteiger charge is 2.39. The van der Waals surface area contributed by atoms with Crippen molar-refractivity contribution in [1.82, 2.24) is 34.3 Å². The number of amides is 1. The lowest BCUT2D eigenvalue weighted by molar-refractivity contribution is -0.0957. The van der Waals surface area contributed by atoms with Crippen LogP contribution < -0.4 is 5.32 Å². The maximum absolute atomic E-state index is 15.0. The van der Waals surface area contributed by atoms with Crippen LogP contribution in [0.1, 0.15) is 37.7 Å². The van der Waals surface area contributed by atoms with Gasteiger partial charge in [-0.05, 0) is 51.0 Å². The number of hydrogen-bond donors (Lipinski definition) is 2. The fraction of sp³-hybridized carbons (Fsp3) is 0.414. The van der Waals surface area contributed by atoms with Crippen LogP contribution in [0.2, 0.25) is 0 Å². The third-order valence-corrected chi connectivity index (χ3v) is 7.88. The first-order chi connectivity index (χ1) is 20.2. The Morgan fingerprint density at radius 3 is 2.64 bits per heavy atom. The van der Waals surface area contributed by atoms with Crippen LogP contribution in [0.3, 0.4) is 0 Å². The zero-order valence-electron chi connectivity index (χ0n) is 23.6. The van der Waals surface area contributed by atoms with E-state index in [4.69, 9.17) is 4.74 Å². The quantitative estimate of drug-likeness (QED) is 0.334. The molecule has 11 nitrogen and oxygen atoms in total. The standard InChI is InChI=1S/C29H32F2N8O3/c1-16(2)39-17(3)35-27-21(30)8-19(9-24(27)39)20-10-26(32-13-22(20)31)36-28-33-11-18(12-34-28)14-37-5-4-23-25(15-37)42-7-6-38(23)29(40)41/h8-13,16,23,25H,4-7,14-15H2,1-3H3,(H,40,41)(H,32,33,34,36)/t23-,25-/m1/s1. The predicted octanol–water partition coefficient (Wildman–Crippen LogP) is 4.75. The molecule has 2 atom stereocenters. The van der Waals surface area contributed by atoms with Gasteiger partial charge in [0, 0.05) is 55.7 Å². The van der Waals surface area contributed by atoms with Gasteiger partial charge in [-0.1, -0.05) is 0 Å². The predicted molar refractivity (Wildman–Crippen MR) is 151 cm³/mol. The number of rotatable bonds is 6. The number of aromatic nitrogens is 5. The molecule has 0 aliphatic carbocycles. The van der Waals surface area contributed by atoms with E-state index in [9.17, 15) is 14.3 Å². The summed E-state index contributed by atoms with van der Waals surface area (Å²) in [5, 5.41) is 12.5. The maximum atomic E-state index is 15.0. The summed E-state index contributed by atoms with van der Waals surface area (Å²) >= 11 is 0. The average Bonchev–Trinajstić information content (AvgIpc) is 3.31. The van der Waals surface area contributed by atoms with E-state index in [2.05, 4.69) is 30.2 Å². The fourth-order valence-corrected chi connectivity index (χ4v) is 6.02. The smallest absolute Gasteiger partial charge is 0.407 e. The van der Waals surface area contributed by atoms with E-state index in [0.717, 1.165) is 18.3 Å². The van der Waals surface area contributed by atoms with Crippen molar-refractivity contribution >= 4 is 28.9 Å². The molecule has 2 aliphatic heterocycles. The molecule has 1 aromatic carbocycles. The number of nitrogens with zero attached hydrogens (tertiary/aromatic N) is 7. The SMILES string of the molecule is Cc1nc2c(F)cc(-c3cc(Nc4ncc(CN5CC[C@@H]6[C@@H](C5)OCCN6C(=O)O)cn4)ncc3F)cc2n1C(C)C. The van der Waals surface area contributed by atoms with Gasteiger partial charge >= 0.3 is 6.09 Å². The lowest BCUT2D eigenvalue weighted by Crippen LogP contribution is -2.60. The summed E-state index contributed by atoms with van der Waals surface area (Å²) in [6.07, 6.45) is 4.13. The molecule has 13 heteroatoms. The number of likely N-dealkylation sites (tertiary alicyclic amines) is 1. The van der Waals surface area contributed by atoms with Crippen LogP contribution in [0.25, 0.3) is 22.2 Å². The molecule has 5 heterocycles. The summed E-state index contributed by atoms with van der Waals surface area (Å²) < 4.78 is 37.7. The largest absolute Gasteiger partial charge is 0.465 e. The Kier molecular flexibility index (Phi) is 7.45. The Hall–Kier alpha value is -4.23. The van der Waals surface area contributed by atoms with Crippen molar-refractivity contribution in [3.63, 3.8) is 0 Å². The van der Waals surface area contributed by atoms with Crippen LogP contribution in [0, 0.1) is 18.6 Å². The van der Waals surface area contributed by atoms with Gasteiger partial charge < -0.3 is 24.6 Å². The van der Waals surface area contributed by atoms with Crippen molar-refractivity contribution in [1.29, 1.82) is 0 Å². The number of imidazole rings is 1. The van der Waals surface area contributed by atoms with Gasteiger partial charge in [0.15, 0.2) is 5.82 Å². The van der Waals surface area contributed by atoms with Crippen LogP contribution in [0.4, 0.5) is 25.3 Å². The molecule has 0 unspecified atom stereocenters. The minimum Gasteiger partial charge on any atom is -0.465 e. The third-order valence-electron chi connectivity index (χ3n) is 7.88. The summed E-state index contributed by atoms with van der Waals surface area (Å²) in [7, 11) is 0. The zero-order valence-corrected chi connectivity index (χ0v) is 23.6. The van der Waals surface area contributed by atoms with Crippen molar-refractivity contribution in [3.05, 3.63) is 59.8 Å². The second-order valence-electron chi connectivity index (χ2n) is 11.0. The molecule has 2 aliphatic rings. The molecule has 6 rings (SSSR count). The van der Waals surface area contributed by atoms with Gasteiger partial charge in [0.25, 0.3) is 0 Å². The van der Waals surface area contributed by atoms with Gasteiger partial charge in [-0.3, -0.25) is 4.90 Å². The number of anilines is 2. The Morgan fingerprint density at radius 1 is 1.12 bits per heavy atom.